The molecule has 1 atom stereocenters. The maximum absolute atomic E-state index is 10.3. The molecule has 0 bridgehead atoms. The van der Waals surface area contributed by atoms with Crippen molar-refractivity contribution in [3.63, 3.8) is 0 Å². The van der Waals surface area contributed by atoms with E-state index >= 15 is 0 Å². The minimum atomic E-state index is 0.362. The molecule has 0 radical (unpaired) electrons. The zero-order valence-corrected chi connectivity index (χ0v) is 8.47. The van der Waals surface area contributed by atoms with E-state index in [-0.39, 0.29) is 0 Å². The van der Waals surface area contributed by atoms with Crippen molar-refractivity contribution in [2.75, 3.05) is 0 Å². The zero-order chi connectivity index (χ0) is 9.56. The first-order valence-electron chi connectivity index (χ1n) is 4.72. The van der Waals surface area contributed by atoms with Crippen molar-refractivity contribution in [1.82, 2.24) is 0 Å². The Morgan fingerprint density at radius 2 is 1.92 bits per heavy atom. The SMILES string of the molecule is C=C(C=O)[C@H](C)CCCC(C)C. The predicted molar refractivity (Wildman–Crippen MR) is 53.1 cm³/mol. The van der Waals surface area contributed by atoms with Gasteiger partial charge in [-0.05, 0) is 23.8 Å². The van der Waals surface area contributed by atoms with Crippen molar-refractivity contribution in [2.24, 2.45) is 11.8 Å². The van der Waals surface area contributed by atoms with Gasteiger partial charge in [-0.2, -0.15) is 0 Å². The van der Waals surface area contributed by atoms with Crippen LogP contribution in [0.4, 0.5) is 0 Å². The van der Waals surface area contributed by atoms with Crippen LogP contribution in [0, 0.1) is 11.8 Å². The quantitative estimate of drug-likeness (QED) is 0.439. The van der Waals surface area contributed by atoms with Gasteiger partial charge in [-0.3, -0.25) is 4.79 Å². The van der Waals surface area contributed by atoms with Crippen LogP contribution in [-0.4, -0.2) is 6.29 Å². The standard InChI is InChI=1S/C11H20O/c1-9(2)6-5-7-10(3)11(4)8-12/h8-10H,4-7H2,1-3H3/t10-/m1/s1. The molecule has 0 N–H and O–H groups in total. The van der Waals surface area contributed by atoms with Gasteiger partial charge in [-0.1, -0.05) is 40.2 Å². The molecule has 0 aliphatic carbocycles. The summed E-state index contributed by atoms with van der Waals surface area (Å²) >= 11 is 0. The average molecular weight is 168 g/mol. The maximum atomic E-state index is 10.3. The molecule has 0 heterocycles. The first-order chi connectivity index (χ1) is 5.57. The number of allylic oxidation sites excluding steroid dienone is 1. The molecule has 0 aromatic heterocycles. The molecule has 0 saturated heterocycles. The van der Waals surface area contributed by atoms with Crippen LogP contribution in [0.3, 0.4) is 0 Å². The second-order valence-corrected chi connectivity index (χ2v) is 3.92. The van der Waals surface area contributed by atoms with Gasteiger partial charge in [0.25, 0.3) is 0 Å². The molecule has 70 valence electrons. The second kappa shape index (κ2) is 5.99. The topological polar surface area (TPSA) is 17.1 Å². The van der Waals surface area contributed by atoms with Gasteiger partial charge in [-0.25, -0.2) is 0 Å². The fourth-order valence-corrected chi connectivity index (χ4v) is 1.13. The number of aldehydes is 1. The van der Waals surface area contributed by atoms with E-state index in [1.54, 1.807) is 0 Å². The molecule has 1 nitrogen and oxygen atoms in total. The largest absolute Gasteiger partial charge is 0.298 e. The molecule has 0 saturated carbocycles. The molecular formula is C11H20O. The molecule has 1 heteroatoms. The zero-order valence-electron chi connectivity index (χ0n) is 8.47. The summed E-state index contributed by atoms with van der Waals surface area (Å²) in [6.45, 7) is 10.2. The monoisotopic (exact) mass is 168 g/mol. The Kier molecular flexibility index (Phi) is 5.69. The summed E-state index contributed by atoms with van der Waals surface area (Å²) in [6.07, 6.45) is 4.41. The van der Waals surface area contributed by atoms with Crippen LogP contribution in [0.2, 0.25) is 0 Å². The third kappa shape index (κ3) is 5.11. The van der Waals surface area contributed by atoms with E-state index in [0.29, 0.717) is 5.92 Å². The van der Waals surface area contributed by atoms with E-state index in [9.17, 15) is 4.79 Å². The van der Waals surface area contributed by atoms with Gasteiger partial charge in [0.2, 0.25) is 0 Å². The van der Waals surface area contributed by atoms with Gasteiger partial charge in [0.15, 0.2) is 0 Å². The van der Waals surface area contributed by atoms with Crippen molar-refractivity contribution in [1.29, 1.82) is 0 Å². The van der Waals surface area contributed by atoms with E-state index in [4.69, 9.17) is 0 Å². The van der Waals surface area contributed by atoms with Gasteiger partial charge in [0.05, 0.1) is 0 Å². The van der Waals surface area contributed by atoms with E-state index < -0.39 is 0 Å². The highest BCUT2D eigenvalue weighted by atomic mass is 16.1. The predicted octanol–water partition coefficient (Wildman–Crippen LogP) is 3.20. The number of hydrogen-bond acceptors (Lipinski definition) is 1. The third-order valence-corrected chi connectivity index (χ3v) is 2.20. The maximum Gasteiger partial charge on any atom is 0.145 e. The molecule has 0 spiro atoms. The van der Waals surface area contributed by atoms with Crippen LogP contribution in [0.15, 0.2) is 12.2 Å². The Morgan fingerprint density at radius 3 is 2.33 bits per heavy atom. The Bertz CT molecular complexity index is 147. The molecule has 0 aliphatic rings. The van der Waals surface area contributed by atoms with Gasteiger partial charge in [0.1, 0.15) is 6.29 Å². The summed E-state index contributed by atoms with van der Waals surface area (Å²) in [5.74, 6) is 1.13. The molecule has 0 aliphatic heterocycles. The van der Waals surface area contributed by atoms with Crippen molar-refractivity contribution >= 4 is 6.29 Å². The van der Waals surface area contributed by atoms with Gasteiger partial charge < -0.3 is 0 Å². The number of carbonyl (C=O) groups excluding carboxylic acids is 1. The molecule has 0 amide bonds. The normalized spacial score (nSPS) is 13.0. The fraction of sp³-hybridized carbons (Fsp3) is 0.727. The molecule has 0 unspecified atom stereocenters. The summed E-state index contributed by atoms with van der Waals surface area (Å²) in [5, 5.41) is 0. The average Bonchev–Trinajstić information content (AvgIpc) is 2.02. The third-order valence-electron chi connectivity index (χ3n) is 2.20. The summed E-state index contributed by atoms with van der Waals surface area (Å²) in [4.78, 5) is 10.3. The lowest BCUT2D eigenvalue weighted by atomic mass is 9.95. The van der Waals surface area contributed by atoms with Crippen LogP contribution < -0.4 is 0 Å². The highest BCUT2D eigenvalue weighted by molar-refractivity contribution is 5.72. The lowest BCUT2D eigenvalue weighted by Gasteiger charge is -2.10. The highest BCUT2D eigenvalue weighted by Gasteiger charge is 2.05. The van der Waals surface area contributed by atoms with E-state index in [1.807, 2.05) is 0 Å². The van der Waals surface area contributed by atoms with Crippen LogP contribution in [-0.2, 0) is 4.79 Å². The molecular weight excluding hydrogens is 148 g/mol. The number of hydrogen-bond donors (Lipinski definition) is 0. The molecule has 0 fully saturated rings. The smallest absolute Gasteiger partial charge is 0.145 e. The van der Waals surface area contributed by atoms with Crippen molar-refractivity contribution in [3.05, 3.63) is 12.2 Å². The number of carbonyl (C=O) groups is 1. The highest BCUT2D eigenvalue weighted by Crippen LogP contribution is 2.16. The van der Waals surface area contributed by atoms with E-state index in [0.717, 1.165) is 24.2 Å². The van der Waals surface area contributed by atoms with Crippen molar-refractivity contribution in [3.8, 4) is 0 Å². The Morgan fingerprint density at radius 1 is 1.33 bits per heavy atom. The van der Waals surface area contributed by atoms with Gasteiger partial charge >= 0.3 is 0 Å². The summed E-state index contributed by atoms with van der Waals surface area (Å²) in [6, 6.07) is 0. The minimum absolute atomic E-state index is 0.362. The summed E-state index contributed by atoms with van der Waals surface area (Å²) in [5.41, 5.74) is 0.735. The van der Waals surface area contributed by atoms with Crippen LogP contribution in [0.5, 0.6) is 0 Å². The van der Waals surface area contributed by atoms with E-state index in [2.05, 4.69) is 27.4 Å². The van der Waals surface area contributed by atoms with Gasteiger partial charge in [0, 0.05) is 0 Å². The minimum Gasteiger partial charge on any atom is -0.298 e. The molecule has 0 aromatic rings. The Balaban J connectivity index is 3.50. The second-order valence-electron chi connectivity index (χ2n) is 3.92. The fourth-order valence-electron chi connectivity index (χ4n) is 1.13. The summed E-state index contributed by atoms with van der Waals surface area (Å²) in [7, 11) is 0. The molecule has 0 rings (SSSR count). The first-order valence-corrected chi connectivity index (χ1v) is 4.72. The molecule has 12 heavy (non-hydrogen) atoms. The first kappa shape index (κ1) is 11.4. The van der Waals surface area contributed by atoms with Crippen molar-refractivity contribution in [2.45, 2.75) is 40.0 Å². The van der Waals surface area contributed by atoms with Crippen LogP contribution in [0.25, 0.3) is 0 Å². The Labute approximate surface area is 75.9 Å². The summed E-state index contributed by atoms with van der Waals surface area (Å²) < 4.78 is 0. The van der Waals surface area contributed by atoms with Crippen LogP contribution >= 0.6 is 0 Å². The lowest BCUT2D eigenvalue weighted by molar-refractivity contribution is -0.105. The molecule has 0 aromatic carbocycles. The number of rotatable bonds is 6. The van der Waals surface area contributed by atoms with Gasteiger partial charge in [-0.15, -0.1) is 0 Å². The van der Waals surface area contributed by atoms with E-state index in [1.165, 1.54) is 12.8 Å². The lowest BCUT2D eigenvalue weighted by Crippen LogP contribution is -2.00. The van der Waals surface area contributed by atoms with Crippen LogP contribution in [0.1, 0.15) is 40.0 Å². The Hall–Kier alpha value is -0.590. The van der Waals surface area contributed by atoms with Crippen molar-refractivity contribution < 1.29 is 4.79 Å².